The number of benzene rings is 3. The van der Waals surface area contributed by atoms with Gasteiger partial charge in [0.1, 0.15) is 11.5 Å². The Morgan fingerprint density at radius 1 is 0.931 bits per heavy atom. The molecule has 148 valence electrons. The molecule has 0 aliphatic carbocycles. The number of hydrogen-bond donors (Lipinski definition) is 0. The van der Waals surface area contributed by atoms with Gasteiger partial charge in [-0.2, -0.15) is 13.2 Å². The molecular weight excluding hydrogens is 387 g/mol. The zero-order valence-corrected chi connectivity index (χ0v) is 14.8. The predicted octanol–water partition coefficient (Wildman–Crippen LogP) is 5.83. The Labute approximate surface area is 163 Å². The summed E-state index contributed by atoms with van der Waals surface area (Å²) >= 11 is 0. The molecule has 0 radical (unpaired) electrons. The van der Waals surface area contributed by atoms with E-state index in [0.29, 0.717) is 17.1 Å². The smallest absolute Gasteiger partial charge is 0.416 e. The van der Waals surface area contributed by atoms with E-state index < -0.39 is 22.4 Å². The molecule has 5 nitrogen and oxygen atoms in total. The molecule has 3 aromatic carbocycles. The lowest BCUT2D eigenvalue weighted by Gasteiger charge is -2.09. The van der Waals surface area contributed by atoms with Crippen molar-refractivity contribution in [2.75, 3.05) is 0 Å². The van der Waals surface area contributed by atoms with Gasteiger partial charge >= 0.3 is 6.18 Å². The van der Waals surface area contributed by atoms with Gasteiger partial charge in [-0.25, -0.2) is 0 Å². The van der Waals surface area contributed by atoms with E-state index in [1.807, 2.05) is 0 Å². The normalized spacial score (nSPS) is 11.1. The second-order valence-corrected chi connectivity index (χ2v) is 6.18. The Morgan fingerprint density at radius 2 is 1.62 bits per heavy atom. The number of nitro benzene ring substituents is 1. The van der Waals surface area contributed by atoms with Crippen molar-refractivity contribution >= 4 is 11.5 Å². The fraction of sp³-hybridized carbons (Fsp3) is 0.0952. The average Bonchev–Trinajstić information content (AvgIpc) is 2.68. The molecule has 0 atom stereocenters. The molecule has 0 aliphatic heterocycles. The highest BCUT2D eigenvalue weighted by Crippen LogP contribution is 2.30. The SMILES string of the molecule is O=C(Cc1cccc(Oc2ccc([N+](=O)[O-])cc2)c1)c1cccc(C(F)(F)F)c1. The minimum absolute atomic E-state index is 0.0264. The van der Waals surface area contributed by atoms with Crippen molar-refractivity contribution in [3.8, 4) is 11.5 Å². The second kappa shape index (κ2) is 8.14. The number of hydrogen-bond acceptors (Lipinski definition) is 4. The van der Waals surface area contributed by atoms with E-state index in [-0.39, 0.29) is 17.7 Å². The molecule has 29 heavy (non-hydrogen) atoms. The summed E-state index contributed by atoms with van der Waals surface area (Å²) in [6.07, 6.45) is -4.62. The summed E-state index contributed by atoms with van der Waals surface area (Å²) in [6.45, 7) is 0. The molecule has 3 aromatic rings. The molecule has 0 bridgehead atoms. The number of ether oxygens (including phenoxy) is 1. The van der Waals surface area contributed by atoms with Gasteiger partial charge in [-0.1, -0.05) is 24.3 Å². The van der Waals surface area contributed by atoms with Gasteiger partial charge in [0.15, 0.2) is 5.78 Å². The lowest BCUT2D eigenvalue weighted by Crippen LogP contribution is -2.09. The predicted molar refractivity (Wildman–Crippen MR) is 99.1 cm³/mol. The van der Waals surface area contributed by atoms with Crippen molar-refractivity contribution in [1.29, 1.82) is 0 Å². The summed E-state index contributed by atoms with van der Waals surface area (Å²) in [5, 5.41) is 10.7. The van der Waals surface area contributed by atoms with E-state index in [1.54, 1.807) is 24.3 Å². The molecule has 0 saturated heterocycles. The van der Waals surface area contributed by atoms with E-state index in [1.165, 1.54) is 36.4 Å². The largest absolute Gasteiger partial charge is 0.457 e. The first-order chi connectivity index (χ1) is 13.7. The van der Waals surface area contributed by atoms with Crippen LogP contribution < -0.4 is 4.74 Å². The molecule has 0 heterocycles. The first kappa shape index (κ1) is 20.1. The highest BCUT2D eigenvalue weighted by atomic mass is 19.4. The Hall–Kier alpha value is -3.68. The molecule has 0 fully saturated rings. The first-order valence-corrected chi connectivity index (χ1v) is 8.44. The van der Waals surface area contributed by atoms with E-state index in [2.05, 4.69) is 0 Å². The Bertz CT molecular complexity index is 1050. The fourth-order valence-corrected chi connectivity index (χ4v) is 2.65. The van der Waals surface area contributed by atoms with Crippen LogP contribution in [0.15, 0.2) is 72.8 Å². The van der Waals surface area contributed by atoms with Crippen LogP contribution in [0.25, 0.3) is 0 Å². The number of carbonyl (C=O) groups is 1. The zero-order chi connectivity index (χ0) is 21.0. The van der Waals surface area contributed by atoms with Gasteiger partial charge in [0.2, 0.25) is 0 Å². The van der Waals surface area contributed by atoms with E-state index in [0.717, 1.165) is 12.1 Å². The minimum Gasteiger partial charge on any atom is -0.457 e. The summed E-state index contributed by atoms with van der Waals surface area (Å²) in [5.41, 5.74) is -0.412. The number of nitrogens with zero attached hydrogens (tertiary/aromatic N) is 1. The molecule has 0 aromatic heterocycles. The summed E-state index contributed by atoms with van der Waals surface area (Å²) in [6, 6.07) is 16.3. The summed E-state index contributed by atoms with van der Waals surface area (Å²) in [5.74, 6) is 0.314. The van der Waals surface area contributed by atoms with Crippen LogP contribution >= 0.6 is 0 Å². The van der Waals surface area contributed by atoms with Crippen molar-refractivity contribution in [2.45, 2.75) is 12.6 Å². The molecule has 0 spiro atoms. The van der Waals surface area contributed by atoms with Gasteiger partial charge in [-0.15, -0.1) is 0 Å². The average molecular weight is 401 g/mol. The van der Waals surface area contributed by atoms with Crippen molar-refractivity contribution < 1.29 is 27.6 Å². The highest BCUT2D eigenvalue weighted by molar-refractivity contribution is 5.97. The molecule has 0 amide bonds. The molecule has 3 rings (SSSR count). The van der Waals surface area contributed by atoms with Crippen LogP contribution in [0.2, 0.25) is 0 Å². The lowest BCUT2D eigenvalue weighted by atomic mass is 10.0. The van der Waals surface area contributed by atoms with Gasteiger partial charge in [0, 0.05) is 24.1 Å². The van der Waals surface area contributed by atoms with E-state index in [4.69, 9.17) is 4.74 Å². The maximum absolute atomic E-state index is 12.8. The Kier molecular flexibility index (Phi) is 5.63. The topological polar surface area (TPSA) is 69.4 Å². The molecular formula is C21H14F3NO4. The van der Waals surface area contributed by atoms with Crippen LogP contribution in [0.1, 0.15) is 21.5 Å². The van der Waals surface area contributed by atoms with Crippen LogP contribution in [0.5, 0.6) is 11.5 Å². The Morgan fingerprint density at radius 3 is 2.28 bits per heavy atom. The number of halogens is 3. The van der Waals surface area contributed by atoms with Gasteiger partial charge in [-0.3, -0.25) is 14.9 Å². The minimum atomic E-state index is -4.52. The monoisotopic (exact) mass is 401 g/mol. The standard InChI is InChI=1S/C21H14F3NO4/c22-21(23,24)16-5-2-4-15(13-16)20(26)12-14-3-1-6-19(11-14)29-18-9-7-17(8-10-18)25(27)28/h1-11,13H,12H2. The number of ketones is 1. The number of non-ortho nitro benzene ring substituents is 1. The van der Waals surface area contributed by atoms with Crippen molar-refractivity contribution in [3.05, 3.63) is 99.6 Å². The maximum Gasteiger partial charge on any atom is 0.416 e. The fourth-order valence-electron chi connectivity index (χ4n) is 2.65. The third kappa shape index (κ3) is 5.19. The molecule has 0 aliphatic rings. The quantitative estimate of drug-likeness (QED) is 0.296. The molecule has 8 heteroatoms. The zero-order valence-electron chi connectivity index (χ0n) is 14.8. The van der Waals surface area contributed by atoms with Crippen LogP contribution in [0, 0.1) is 10.1 Å². The summed E-state index contributed by atoms with van der Waals surface area (Å²) in [4.78, 5) is 22.5. The summed E-state index contributed by atoms with van der Waals surface area (Å²) < 4.78 is 44.1. The number of Topliss-reactive ketones (excluding diaryl/α,β-unsaturated/α-hetero) is 1. The van der Waals surface area contributed by atoms with E-state index >= 15 is 0 Å². The van der Waals surface area contributed by atoms with Gasteiger partial charge in [-0.05, 0) is 42.0 Å². The van der Waals surface area contributed by atoms with Crippen LogP contribution in [-0.2, 0) is 12.6 Å². The van der Waals surface area contributed by atoms with Crippen LogP contribution in [0.3, 0.4) is 0 Å². The van der Waals surface area contributed by atoms with Crippen molar-refractivity contribution in [3.63, 3.8) is 0 Å². The molecule has 0 unspecified atom stereocenters. The van der Waals surface area contributed by atoms with Crippen molar-refractivity contribution in [2.24, 2.45) is 0 Å². The first-order valence-electron chi connectivity index (χ1n) is 8.44. The van der Waals surface area contributed by atoms with Crippen LogP contribution in [0.4, 0.5) is 18.9 Å². The highest BCUT2D eigenvalue weighted by Gasteiger charge is 2.30. The molecule has 0 N–H and O–H groups in total. The van der Waals surface area contributed by atoms with Crippen molar-refractivity contribution in [1.82, 2.24) is 0 Å². The Balaban J connectivity index is 1.73. The maximum atomic E-state index is 12.8. The number of carbonyl (C=O) groups excluding carboxylic acids is 1. The number of nitro groups is 1. The summed E-state index contributed by atoms with van der Waals surface area (Å²) in [7, 11) is 0. The van der Waals surface area contributed by atoms with Gasteiger partial charge in [0.05, 0.1) is 10.5 Å². The third-order valence-corrected chi connectivity index (χ3v) is 4.06. The van der Waals surface area contributed by atoms with Gasteiger partial charge < -0.3 is 4.74 Å². The molecule has 0 saturated carbocycles. The van der Waals surface area contributed by atoms with E-state index in [9.17, 15) is 28.1 Å². The third-order valence-electron chi connectivity index (χ3n) is 4.06. The van der Waals surface area contributed by atoms with Gasteiger partial charge in [0.25, 0.3) is 5.69 Å². The lowest BCUT2D eigenvalue weighted by molar-refractivity contribution is -0.384. The number of alkyl halides is 3. The van der Waals surface area contributed by atoms with Crippen LogP contribution in [-0.4, -0.2) is 10.7 Å². The number of rotatable bonds is 6. The second-order valence-electron chi connectivity index (χ2n) is 6.18.